The van der Waals surface area contributed by atoms with Crippen LogP contribution in [0.15, 0.2) is 36.4 Å². The summed E-state index contributed by atoms with van der Waals surface area (Å²) in [4.78, 5) is 12.1. The Balaban J connectivity index is 2.25. The summed E-state index contributed by atoms with van der Waals surface area (Å²) in [6, 6.07) is 10.3. The number of nitrogens with one attached hydrogen (secondary N) is 1. The minimum absolute atomic E-state index is 0.0247. The van der Waals surface area contributed by atoms with Gasteiger partial charge in [-0.1, -0.05) is 12.1 Å². The van der Waals surface area contributed by atoms with Crippen molar-refractivity contribution in [3.05, 3.63) is 53.1 Å². The van der Waals surface area contributed by atoms with E-state index >= 15 is 0 Å². The van der Waals surface area contributed by atoms with Crippen LogP contribution in [0.1, 0.15) is 21.5 Å². The molecule has 0 atom stereocenters. The highest BCUT2D eigenvalue weighted by Crippen LogP contribution is 2.22. The highest BCUT2D eigenvalue weighted by atomic mass is 16.3. The van der Waals surface area contributed by atoms with Crippen LogP contribution in [0.4, 0.5) is 11.4 Å². The van der Waals surface area contributed by atoms with Crippen LogP contribution in [-0.4, -0.2) is 11.0 Å². The lowest BCUT2D eigenvalue weighted by molar-refractivity contribution is 0.102. The zero-order valence-corrected chi connectivity index (χ0v) is 10.9. The van der Waals surface area contributed by atoms with Crippen molar-refractivity contribution in [3.8, 4) is 5.75 Å². The summed E-state index contributed by atoms with van der Waals surface area (Å²) >= 11 is 0. The predicted molar refractivity (Wildman–Crippen MR) is 76.4 cm³/mol. The SMILES string of the molecule is Cc1ccc(C)c(NC(=O)c2ccc(O)c(N)c2)c1. The molecule has 0 spiro atoms. The van der Waals surface area contributed by atoms with E-state index in [9.17, 15) is 9.90 Å². The Hall–Kier alpha value is -2.49. The fourth-order valence-electron chi connectivity index (χ4n) is 1.76. The lowest BCUT2D eigenvalue weighted by atomic mass is 10.1. The molecule has 1 amide bonds. The lowest BCUT2D eigenvalue weighted by Gasteiger charge is -2.10. The van der Waals surface area contributed by atoms with Crippen molar-refractivity contribution in [1.29, 1.82) is 0 Å². The van der Waals surface area contributed by atoms with Gasteiger partial charge in [0.25, 0.3) is 5.91 Å². The van der Waals surface area contributed by atoms with Crippen molar-refractivity contribution in [2.75, 3.05) is 11.1 Å². The summed E-state index contributed by atoms with van der Waals surface area (Å²) in [5, 5.41) is 12.2. The van der Waals surface area contributed by atoms with Gasteiger partial charge >= 0.3 is 0 Å². The Kier molecular flexibility index (Phi) is 3.42. The normalized spacial score (nSPS) is 10.2. The molecule has 4 heteroatoms. The second-order valence-electron chi connectivity index (χ2n) is 4.55. The van der Waals surface area contributed by atoms with E-state index in [1.807, 2.05) is 32.0 Å². The molecule has 98 valence electrons. The Bertz CT molecular complexity index is 636. The largest absolute Gasteiger partial charge is 0.506 e. The maximum Gasteiger partial charge on any atom is 0.255 e. The molecule has 0 aliphatic heterocycles. The second-order valence-corrected chi connectivity index (χ2v) is 4.55. The van der Waals surface area contributed by atoms with E-state index in [2.05, 4.69) is 5.32 Å². The maximum absolute atomic E-state index is 12.1. The highest BCUT2D eigenvalue weighted by Gasteiger charge is 2.09. The minimum atomic E-state index is -0.250. The molecule has 0 aliphatic carbocycles. The summed E-state index contributed by atoms with van der Waals surface area (Å²) in [5.74, 6) is -0.274. The Morgan fingerprint density at radius 1 is 1.16 bits per heavy atom. The molecule has 0 saturated carbocycles. The van der Waals surface area contributed by atoms with Gasteiger partial charge in [-0.2, -0.15) is 0 Å². The van der Waals surface area contributed by atoms with Crippen molar-refractivity contribution in [3.63, 3.8) is 0 Å². The van der Waals surface area contributed by atoms with Crippen molar-refractivity contribution < 1.29 is 9.90 Å². The van der Waals surface area contributed by atoms with E-state index < -0.39 is 0 Å². The van der Waals surface area contributed by atoms with Gasteiger partial charge in [0, 0.05) is 11.3 Å². The number of nitrogens with two attached hydrogens (primary N) is 1. The van der Waals surface area contributed by atoms with E-state index in [4.69, 9.17) is 5.73 Å². The molecule has 4 nitrogen and oxygen atoms in total. The molecule has 0 aromatic heterocycles. The van der Waals surface area contributed by atoms with Crippen molar-refractivity contribution in [2.24, 2.45) is 0 Å². The smallest absolute Gasteiger partial charge is 0.255 e. The molecule has 0 fully saturated rings. The predicted octanol–water partition coefficient (Wildman–Crippen LogP) is 2.84. The van der Waals surface area contributed by atoms with Gasteiger partial charge in [-0.05, 0) is 49.2 Å². The highest BCUT2D eigenvalue weighted by molar-refractivity contribution is 6.05. The third-order valence-corrected chi connectivity index (χ3v) is 2.93. The Labute approximate surface area is 111 Å². The monoisotopic (exact) mass is 256 g/mol. The second kappa shape index (κ2) is 5.02. The number of benzene rings is 2. The number of nitrogen functional groups attached to an aromatic ring is 1. The van der Waals surface area contributed by atoms with Gasteiger partial charge in [0.2, 0.25) is 0 Å². The average Bonchev–Trinajstić information content (AvgIpc) is 2.37. The summed E-state index contributed by atoms with van der Waals surface area (Å²) in [6.45, 7) is 3.90. The molecule has 0 heterocycles. The van der Waals surface area contributed by atoms with Crippen LogP contribution in [0.2, 0.25) is 0 Å². The number of amides is 1. The molecule has 19 heavy (non-hydrogen) atoms. The van der Waals surface area contributed by atoms with Gasteiger partial charge in [0.05, 0.1) is 5.69 Å². The average molecular weight is 256 g/mol. The number of carbonyl (C=O) groups excluding carboxylic acids is 1. The zero-order valence-electron chi connectivity index (χ0n) is 10.9. The maximum atomic E-state index is 12.1. The van der Waals surface area contributed by atoms with E-state index in [0.29, 0.717) is 5.56 Å². The quantitative estimate of drug-likeness (QED) is 0.571. The van der Waals surface area contributed by atoms with Gasteiger partial charge in [-0.15, -0.1) is 0 Å². The lowest BCUT2D eigenvalue weighted by Crippen LogP contribution is -2.13. The molecule has 2 rings (SSSR count). The molecule has 0 bridgehead atoms. The summed E-state index contributed by atoms with van der Waals surface area (Å²) in [6.07, 6.45) is 0. The fraction of sp³-hybridized carbons (Fsp3) is 0.133. The van der Waals surface area contributed by atoms with Crippen molar-refractivity contribution in [1.82, 2.24) is 0 Å². The fourth-order valence-corrected chi connectivity index (χ4v) is 1.76. The standard InChI is InChI=1S/C15H16N2O2/c1-9-3-4-10(2)13(7-9)17-15(19)11-5-6-14(18)12(16)8-11/h3-8,18H,16H2,1-2H3,(H,17,19). The number of phenols is 1. The first-order valence-electron chi connectivity index (χ1n) is 5.94. The van der Waals surface area contributed by atoms with Gasteiger partial charge < -0.3 is 16.2 Å². The molecular weight excluding hydrogens is 240 g/mol. The van der Waals surface area contributed by atoms with E-state index in [1.165, 1.54) is 18.2 Å². The number of aryl methyl sites for hydroxylation is 2. The van der Waals surface area contributed by atoms with E-state index in [-0.39, 0.29) is 17.3 Å². The first-order chi connectivity index (χ1) is 8.97. The minimum Gasteiger partial charge on any atom is -0.506 e. The topological polar surface area (TPSA) is 75.3 Å². The summed E-state index contributed by atoms with van der Waals surface area (Å²) in [7, 11) is 0. The number of hydrogen-bond donors (Lipinski definition) is 3. The van der Waals surface area contributed by atoms with Gasteiger partial charge in [-0.3, -0.25) is 4.79 Å². The van der Waals surface area contributed by atoms with Crippen LogP contribution in [-0.2, 0) is 0 Å². The Morgan fingerprint density at radius 3 is 2.58 bits per heavy atom. The van der Waals surface area contributed by atoms with Crippen LogP contribution in [0.3, 0.4) is 0 Å². The van der Waals surface area contributed by atoms with Crippen molar-refractivity contribution in [2.45, 2.75) is 13.8 Å². The van der Waals surface area contributed by atoms with Gasteiger partial charge in [0.1, 0.15) is 5.75 Å². The molecule has 0 aliphatic rings. The van der Waals surface area contributed by atoms with Gasteiger partial charge in [0.15, 0.2) is 0 Å². The first kappa shape index (κ1) is 13.0. The summed E-state index contributed by atoms with van der Waals surface area (Å²) in [5.41, 5.74) is 9.02. The zero-order chi connectivity index (χ0) is 14.0. The molecule has 0 radical (unpaired) electrons. The third kappa shape index (κ3) is 2.85. The number of rotatable bonds is 2. The van der Waals surface area contributed by atoms with Gasteiger partial charge in [-0.25, -0.2) is 0 Å². The molecular formula is C15H16N2O2. The van der Waals surface area contributed by atoms with Crippen LogP contribution < -0.4 is 11.1 Å². The Morgan fingerprint density at radius 2 is 1.89 bits per heavy atom. The van der Waals surface area contributed by atoms with E-state index in [1.54, 1.807) is 0 Å². The number of phenolic OH excluding ortho intramolecular Hbond substituents is 1. The van der Waals surface area contributed by atoms with Crippen LogP contribution >= 0.6 is 0 Å². The number of anilines is 2. The molecule has 0 saturated heterocycles. The van der Waals surface area contributed by atoms with E-state index in [0.717, 1.165) is 16.8 Å². The van der Waals surface area contributed by atoms with Crippen LogP contribution in [0.5, 0.6) is 5.75 Å². The summed E-state index contributed by atoms with van der Waals surface area (Å²) < 4.78 is 0. The van der Waals surface area contributed by atoms with Crippen molar-refractivity contribution >= 4 is 17.3 Å². The van der Waals surface area contributed by atoms with Crippen LogP contribution in [0.25, 0.3) is 0 Å². The molecule has 2 aromatic carbocycles. The number of aromatic hydroxyl groups is 1. The molecule has 0 unspecified atom stereocenters. The first-order valence-corrected chi connectivity index (χ1v) is 5.94. The number of hydrogen-bond acceptors (Lipinski definition) is 3. The molecule has 2 aromatic rings. The van der Waals surface area contributed by atoms with Crippen LogP contribution in [0, 0.1) is 13.8 Å². The number of carbonyl (C=O) groups is 1. The third-order valence-electron chi connectivity index (χ3n) is 2.93. The molecule has 4 N–H and O–H groups in total.